The molecule has 6 aromatic carbocycles. The Bertz CT molecular complexity index is 3770. The second-order valence-corrected chi connectivity index (χ2v) is 26.0. The highest BCUT2D eigenvalue weighted by atomic mass is 16.8. The Hall–Kier alpha value is -8.95. The Kier molecular flexibility index (Phi) is 31.0. The number of hydrogen-bond donors (Lipinski definition) is 1. The van der Waals surface area contributed by atoms with Crippen LogP contribution in [0.2, 0.25) is 0 Å². The van der Waals surface area contributed by atoms with Crippen LogP contribution in [0.3, 0.4) is 0 Å². The van der Waals surface area contributed by atoms with E-state index in [-0.39, 0.29) is 52.9 Å². The summed E-state index contributed by atoms with van der Waals surface area (Å²) in [4.78, 5) is 92.1. The van der Waals surface area contributed by atoms with E-state index in [1.54, 1.807) is 0 Å². The van der Waals surface area contributed by atoms with Gasteiger partial charge in [-0.1, -0.05) is 182 Å². The summed E-state index contributed by atoms with van der Waals surface area (Å²) in [6.07, 6.45) is -31.7. The number of aliphatic hydroxyl groups excluding tert-OH is 1. The zero-order chi connectivity index (χ0) is 76.5. The largest absolute Gasteiger partial charge is 0.463 e. The molecule has 0 aliphatic carbocycles. The Balaban J connectivity index is 1.11. The number of carbonyl (C=O) groups is 7. The molecule has 580 valence electrons. The van der Waals surface area contributed by atoms with Crippen molar-refractivity contribution < 1.29 is 133 Å². The fourth-order valence-electron chi connectivity index (χ4n) is 12.9. The van der Waals surface area contributed by atoms with Crippen LogP contribution in [0.25, 0.3) is 0 Å². The van der Waals surface area contributed by atoms with Crippen molar-refractivity contribution in [3.8, 4) is 0 Å². The van der Waals surface area contributed by atoms with Crippen molar-refractivity contribution in [3.63, 3.8) is 0 Å². The summed E-state index contributed by atoms with van der Waals surface area (Å²) in [5.41, 5.74) is 4.55. The highest BCUT2D eigenvalue weighted by Gasteiger charge is 2.61. The van der Waals surface area contributed by atoms with Crippen molar-refractivity contribution in [2.75, 3.05) is 26.4 Å². The number of esters is 7. The van der Waals surface area contributed by atoms with Gasteiger partial charge in [0.05, 0.1) is 52.9 Å². The summed E-state index contributed by atoms with van der Waals surface area (Å²) < 4.78 is 130. The summed E-state index contributed by atoms with van der Waals surface area (Å²) in [5.74, 6) is -6.47. The first-order valence-electron chi connectivity index (χ1n) is 35.5. The van der Waals surface area contributed by atoms with Gasteiger partial charge in [-0.25, -0.2) is 0 Å². The molecular formula is C80H92O28. The Morgan fingerprint density at radius 3 is 0.861 bits per heavy atom. The molecule has 4 saturated heterocycles. The normalized spacial score (nSPS) is 28.3. The summed E-state index contributed by atoms with van der Waals surface area (Å²) in [7, 11) is 0. The number of ether oxygens (including phenoxy) is 20. The van der Waals surface area contributed by atoms with Gasteiger partial charge in [0.1, 0.15) is 80.4 Å². The minimum absolute atomic E-state index is 0.000982. The Morgan fingerprint density at radius 2 is 0.519 bits per heavy atom. The van der Waals surface area contributed by atoms with Gasteiger partial charge in [-0.2, -0.15) is 0 Å². The van der Waals surface area contributed by atoms with Crippen LogP contribution in [0, 0.1) is 0 Å². The van der Waals surface area contributed by atoms with Crippen molar-refractivity contribution >= 4 is 41.8 Å². The van der Waals surface area contributed by atoms with E-state index in [0.29, 0.717) is 11.1 Å². The SMILES string of the molecule is CC(=O)OC[C@H]1O[C@@H](O[C@H]2[C@H](OC(C)=O)[C@@H](OC(C)=O)[C@H](O[C@H]3[C@H](OCc4ccccc4)[C@@H](OCc4ccccc4)[C@H](O[C@H]4[C@H](OCc5ccccc5)[C@@H](OCc5ccccc5)[C@H](O)O[C@@H]4COCc4ccccc4)O[C@@H]3COCc3ccccc3)O[C@@H]2COC(C)=O)[C@H](OC(C)=O)[C@@H](OC(C)=O)[C@@H]1OC(C)=O. The van der Waals surface area contributed by atoms with Gasteiger partial charge in [0, 0.05) is 48.5 Å². The molecule has 20 atom stereocenters. The number of benzene rings is 6. The maximum absolute atomic E-state index is 13.9. The van der Waals surface area contributed by atoms with Gasteiger partial charge in [-0.3, -0.25) is 33.6 Å². The summed E-state index contributed by atoms with van der Waals surface area (Å²) in [6, 6.07) is 55.9. The molecule has 108 heavy (non-hydrogen) atoms. The molecule has 0 bridgehead atoms. The van der Waals surface area contributed by atoms with Crippen LogP contribution in [0.1, 0.15) is 81.8 Å². The molecule has 6 aromatic rings. The number of hydrogen-bond acceptors (Lipinski definition) is 28. The second kappa shape index (κ2) is 41.0. The van der Waals surface area contributed by atoms with Gasteiger partial charge in [-0.15, -0.1) is 0 Å². The zero-order valence-corrected chi connectivity index (χ0v) is 60.9. The quantitative estimate of drug-likeness (QED) is 0.0296. The van der Waals surface area contributed by atoms with E-state index in [4.69, 9.17) is 94.7 Å². The fourth-order valence-corrected chi connectivity index (χ4v) is 12.9. The van der Waals surface area contributed by atoms with E-state index in [1.165, 1.54) is 0 Å². The van der Waals surface area contributed by atoms with Gasteiger partial charge in [0.25, 0.3) is 0 Å². The molecule has 0 unspecified atom stereocenters. The van der Waals surface area contributed by atoms with E-state index in [2.05, 4.69) is 0 Å². The van der Waals surface area contributed by atoms with Crippen molar-refractivity contribution in [1.82, 2.24) is 0 Å². The molecule has 28 nitrogen and oxygen atoms in total. The number of rotatable bonds is 35. The Morgan fingerprint density at radius 1 is 0.269 bits per heavy atom. The van der Waals surface area contributed by atoms with Crippen LogP contribution >= 0.6 is 0 Å². The number of aliphatic hydroxyl groups is 1. The third-order valence-electron chi connectivity index (χ3n) is 17.6. The Labute approximate surface area is 625 Å². The smallest absolute Gasteiger partial charge is 0.303 e. The minimum Gasteiger partial charge on any atom is -0.463 e. The van der Waals surface area contributed by atoms with Crippen molar-refractivity contribution in [1.29, 1.82) is 0 Å². The third kappa shape index (κ3) is 24.0. The standard InChI is InChI=1S/C80H92O28/c1-48(81)91-46-63-67(97-50(3)83)71(98-51(4)84)75(100-53(6)86)80(104-63)108-68-64(47-92-49(2)82)105-79(76(101-54(7)87)72(68)99-52(5)85)107-66-62(45-90-39-56-28-16-9-17-29-56)103-78(74(96-43-60-36-24-13-25-37-60)70(66)94-41-58-32-20-11-21-33-58)106-65-61(44-89-38-55-26-14-8-15-27-55)102-77(88)73(95-42-59-34-22-12-23-35-59)69(65)93-40-57-30-18-10-19-31-57/h8-37,61-80,88H,38-47H2,1-7H3/t61-,62-,63-,64-,65-,66-,67-,68-,69+,70+,71+,72+,73-,74-,75-,76-,77-,78+,79+,80+/m1/s1. The molecule has 4 fully saturated rings. The summed E-state index contributed by atoms with van der Waals surface area (Å²) in [5, 5.41) is 12.3. The monoisotopic (exact) mass is 1500 g/mol. The lowest BCUT2D eigenvalue weighted by Gasteiger charge is -2.51. The number of carbonyl (C=O) groups excluding carboxylic acids is 7. The van der Waals surface area contributed by atoms with Gasteiger partial charge < -0.3 is 99.8 Å². The lowest BCUT2D eigenvalue weighted by Crippen LogP contribution is -2.69. The van der Waals surface area contributed by atoms with Gasteiger partial charge in [-0.05, 0) is 33.4 Å². The predicted octanol–water partition coefficient (Wildman–Crippen LogP) is 7.59. The molecule has 4 aliphatic heterocycles. The third-order valence-corrected chi connectivity index (χ3v) is 17.6. The molecule has 10 rings (SSSR count). The van der Waals surface area contributed by atoms with Gasteiger partial charge in [0.15, 0.2) is 55.7 Å². The van der Waals surface area contributed by atoms with Crippen LogP contribution in [-0.4, -0.2) is 196 Å². The molecule has 0 saturated carbocycles. The first-order valence-corrected chi connectivity index (χ1v) is 35.5. The first kappa shape index (κ1) is 81.6. The van der Waals surface area contributed by atoms with Crippen molar-refractivity contribution in [2.45, 2.75) is 211 Å². The van der Waals surface area contributed by atoms with E-state index in [0.717, 1.165) is 70.7 Å². The average Bonchev–Trinajstić information content (AvgIpc) is 0.759. The van der Waals surface area contributed by atoms with Gasteiger partial charge >= 0.3 is 41.8 Å². The van der Waals surface area contributed by atoms with E-state index < -0.39 is 178 Å². The molecule has 4 aliphatic rings. The van der Waals surface area contributed by atoms with E-state index in [9.17, 15) is 38.7 Å². The second-order valence-electron chi connectivity index (χ2n) is 26.0. The average molecular weight is 1500 g/mol. The van der Waals surface area contributed by atoms with E-state index in [1.807, 2.05) is 182 Å². The zero-order valence-electron chi connectivity index (χ0n) is 60.9. The molecule has 4 heterocycles. The lowest BCUT2D eigenvalue weighted by molar-refractivity contribution is -0.396. The molecule has 0 amide bonds. The highest BCUT2D eigenvalue weighted by Crippen LogP contribution is 2.41. The van der Waals surface area contributed by atoms with Crippen LogP contribution in [0.5, 0.6) is 0 Å². The maximum atomic E-state index is 13.9. The van der Waals surface area contributed by atoms with Crippen molar-refractivity contribution in [3.05, 3.63) is 215 Å². The van der Waals surface area contributed by atoms with E-state index >= 15 is 0 Å². The fraction of sp³-hybridized carbons (Fsp3) is 0.463. The molecule has 0 aromatic heterocycles. The molecule has 0 radical (unpaired) electrons. The molecule has 0 spiro atoms. The first-order chi connectivity index (χ1) is 52.2. The lowest BCUT2D eigenvalue weighted by atomic mass is 9.94. The minimum atomic E-state index is -1.98. The molecular weight excluding hydrogens is 1410 g/mol. The van der Waals surface area contributed by atoms with Crippen LogP contribution in [0.4, 0.5) is 0 Å². The van der Waals surface area contributed by atoms with Crippen LogP contribution in [-0.2, 0) is 168 Å². The highest BCUT2D eigenvalue weighted by molar-refractivity contribution is 5.69. The maximum Gasteiger partial charge on any atom is 0.303 e. The summed E-state index contributed by atoms with van der Waals surface area (Å²) >= 11 is 0. The molecule has 28 heteroatoms. The molecule has 1 N–H and O–H groups in total. The van der Waals surface area contributed by atoms with Crippen LogP contribution in [0.15, 0.2) is 182 Å². The topological polar surface area (TPSA) is 324 Å². The predicted molar refractivity (Wildman–Crippen MR) is 375 cm³/mol. The van der Waals surface area contributed by atoms with Crippen molar-refractivity contribution in [2.24, 2.45) is 0 Å². The van der Waals surface area contributed by atoms with Gasteiger partial charge in [0.2, 0.25) is 0 Å². The summed E-state index contributed by atoms with van der Waals surface area (Å²) in [6.45, 7) is 5.40. The van der Waals surface area contributed by atoms with Crippen LogP contribution < -0.4 is 0 Å².